The van der Waals surface area contributed by atoms with Crippen LogP contribution in [0.2, 0.25) is 0 Å². The fraction of sp³-hybridized carbons (Fsp3) is 0.462. The summed E-state index contributed by atoms with van der Waals surface area (Å²) in [5.74, 6) is -0.987. The Morgan fingerprint density at radius 3 is 3.17 bits per heavy atom. The van der Waals surface area contributed by atoms with Gasteiger partial charge in [-0.2, -0.15) is 0 Å². The number of fused-ring (bicyclic) bond motifs is 3. The lowest BCUT2D eigenvalue weighted by Gasteiger charge is -2.15. The van der Waals surface area contributed by atoms with Crippen LogP contribution in [-0.2, 0) is 9.53 Å². The Kier molecular flexibility index (Phi) is 2.52. The van der Waals surface area contributed by atoms with Crippen LogP contribution in [0.1, 0.15) is 18.4 Å². The van der Waals surface area contributed by atoms with Gasteiger partial charge < -0.3 is 9.47 Å². The highest BCUT2D eigenvalue weighted by molar-refractivity contribution is 6.38. The Bertz CT molecular complexity index is 519. The topological polar surface area (TPSA) is 35.5 Å². The normalized spacial score (nSPS) is 31.9. The molecule has 18 heavy (non-hydrogen) atoms. The summed E-state index contributed by atoms with van der Waals surface area (Å²) >= 11 is 6.35. The second kappa shape index (κ2) is 3.85. The van der Waals surface area contributed by atoms with Crippen LogP contribution in [0.4, 0.5) is 4.39 Å². The van der Waals surface area contributed by atoms with Gasteiger partial charge in [-0.15, -0.1) is 11.6 Å². The van der Waals surface area contributed by atoms with E-state index in [4.69, 9.17) is 21.1 Å². The molecule has 1 saturated carbocycles. The van der Waals surface area contributed by atoms with Gasteiger partial charge in [-0.25, -0.2) is 4.39 Å². The first-order chi connectivity index (χ1) is 8.60. The van der Waals surface area contributed by atoms with Crippen LogP contribution in [0.15, 0.2) is 18.2 Å². The molecule has 1 heterocycles. The minimum atomic E-state index is -1.09. The number of carbonyl (C=O) groups is 1. The first-order valence-electron chi connectivity index (χ1n) is 5.88. The number of halogens is 2. The smallest absolute Gasteiger partial charge is 0.328 e. The number of carbonyl (C=O) groups excluding carboxylic acids is 1. The summed E-state index contributed by atoms with van der Waals surface area (Å²) in [7, 11) is 0. The monoisotopic (exact) mass is 270 g/mol. The molecule has 0 spiro atoms. The van der Waals surface area contributed by atoms with E-state index >= 15 is 0 Å². The summed E-state index contributed by atoms with van der Waals surface area (Å²) in [6.07, 6.45) is 0. The van der Waals surface area contributed by atoms with Gasteiger partial charge in [0.05, 0.1) is 13.2 Å². The predicted octanol–water partition coefficient (Wildman–Crippen LogP) is 2.47. The van der Waals surface area contributed by atoms with Gasteiger partial charge in [-0.3, -0.25) is 4.79 Å². The number of para-hydroxylation sites is 1. The molecule has 1 aliphatic carbocycles. The maximum Gasteiger partial charge on any atom is 0.328 e. The summed E-state index contributed by atoms with van der Waals surface area (Å²) in [5.41, 5.74) is 0.661. The lowest BCUT2D eigenvalue weighted by Crippen LogP contribution is -2.23. The van der Waals surface area contributed by atoms with Crippen LogP contribution in [0, 0.1) is 11.7 Å². The van der Waals surface area contributed by atoms with Crippen molar-refractivity contribution in [2.24, 2.45) is 5.92 Å². The number of benzene rings is 1. The highest BCUT2D eigenvalue weighted by Gasteiger charge is 2.72. The quantitative estimate of drug-likeness (QED) is 0.612. The maximum atomic E-state index is 13.6. The second-order valence-electron chi connectivity index (χ2n) is 4.54. The van der Waals surface area contributed by atoms with Gasteiger partial charge in [0.2, 0.25) is 0 Å². The largest absolute Gasteiger partial charge is 0.490 e. The van der Waals surface area contributed by atoms with Crippen LogP contribution in [0.3, 0.4) is 0 Å². The molecule has 3 rings (SSSR count). The molecule has 1 aliphatic heterocycles. The predicted molar refractivity (Wildman–Crippen MR) is 63.3 cm³/mol. The van der Waals surface area contributed by atoms with E-state index < -0.39 is 16.7 Å². The van der Waals surface area contributed by atoms with Gasteiger partial charge in [0.25, 0.3) is 0 Å². The van der Waals surface area contributed by atoms with Gasteiger partial charge in [0.15, 0.2) is 16.4 Å². The SMILES string of the molecule is CCOC(=O)C1(Cl)C2COc3c(F)cccc3C21. The highest BCUT2D eigenvalue weighted by Crippen LogP contribution is 2.66. The molecular formula is C13H12ClFO3. The van der Waals surface area contributed by atoms with Gasteiger partial charge in [0, 0.05) is 17.4 Å². The van der Waals surface area contributed by atoms with Crippen LogP contribution in [-0.4, -0.2) is 24.1 Å². The molecular weight excluding hydrogens is 259 g/mol. The maximum absolute atomic E-state index is 13.6. The third-order valence-corrected chi connectivity index (χ3v) is 4.28. The molecule has 3 unspecified atom stereocenters. The van der Waals surface area contributed by atoms with Crippen molar-refractivity contribution < 1.29 is 18.7 Å². The van der Waals surface area contributed by atoms with Crippen LogP contribution < -0.4 is 4.74 Å². The van der Waals surface area contributed by atoms with Gasteiger partial charge in [-0.05, 0) is 13.0 Å². The Balaban J connectivity index is 1.97. The molecule has 0 aromatic heterocycles. The molecule has 0 saturated heterocycles. The van der Waals surface area contributed by atoms with E-state index in [1.165, 1.54) is 6.07 Å². The molecule has 0 N–H and O–H groups in total. The van der Waals surface area contributed by atoms with Gasteiger partial charge >= 0.3 is 5.97 Å². The molecule has 3 nitrogen and oxygen atoms in total. The van der Waals surface area contributed by atoms with E-state index in [2.05, 4.69) is 0 Å². The third-order valence-electron chi connectivity index (χ3n) is 3.61. The standard InChI is InChI=1S/C13H12ClFO3/c1-2-17-12(16)13(14)8-6-18-11-7(10(8)13)4-3-5-9(11)15/h3-5,8,10H,2,6H2,1H3. The summed E-state index contributed by atoms with van der Waals surface area (Å²) in [6.45, 7) is 2.26. The number of alkyl halides is 1. The van der Waals surface area contributed by atoms with Crippen molar-refractivity contribution in [1.29, 1.82) is 0 Å². The number of esters is 1. The third kappa shape index (κ3) is 1.38. The Hall–Kier alpha value is -1.29. The average Bonchev–Trinajstić information content (AvgIpc) is 2.98. The van der Waals surface area contributed by atoms with Crippen molar-refractivity contribution in [2.45, 2.75) is 17.7 Å². The van der Waals surface area contributed by atoms with Crippen molar-refractivity contribution >= 4 is 17.6 Å². The van der Waals surface area contributed by atoms with E-state index in [-0.39, 0.29) is 30.8 Å². The first kappa shape index (κ1) is 11.8. The number of ether oxygens (including phenoxy) is 2. The molecule has 0 bridgehead atoms. The van der Waals surface area contributed by atoms with Crippen LogP contribution in [0.25, 0.3) is 0 Å². The molecule has 0 radical (unpaired) electrons. The van der Waals surface area contributed by atoms with Crippen LogP contribution in [0.5, 0.6) is 5.75 Å². The summed E-state index contributed by atoms with van der Waals surface area (Å²) < 4.78 is 23.9. The molecule has 1 fully saturated rings. The zero-order valence-corrected chi connectivity index (χ0v) is 10.5. The Morgan fingerprint density at radius 2 is 2.44 bits per heavy atom. The van der Waals surface area contributed by atoms with Crippen molar-refractivity contribution in [1.82, 2.24) is 0 Å². The molecule has 0 amide bonds. The number of rotatable bonds is 2. The van der Waals surface area contributed by atoms with Crippen molar-refractivity contribution in [3.63, 3.8) is 0 Å². The van der Waals surface area contributed by atoms with Crippen molar-refractivity contribution in [3.8, 4) is 5.75 Å². The molecule has 1 aromatic carbocycles. The van der Waals surface area contributed by atoms with Crippen molar-refractivity contribution in [3.05, 3.63) is 29.6 Å². The van der Waals surface area contributed by atoms with E-state index in [1.54, 1.807) is 19.1 Å². The van der Waals surface area contributed by atoms with Crippen LogP contribution >= 0.6 is 11.6 Å². The fourth-order valence-corrected chi connectivity index (χ4v) is 3.15. The molecule has 5 heteroatoms. The molecule has 1 aromatic rings. The Morgan fingerprint density at radius 1 is 1.67 bits per heavy atom. The van der Waals surface area contributed by atoms with Gasteiger partial charge in [-0.1, -0.05) is 12.1 Å². The number of hydrogen-bond acceptors (Lipinski definition) is 3. The van der Waals surface area contributed by atoms with E-state index in [9.17, 15) is 9.18 Å². The lowest BCUT2D eigenvalue weighted by molar-refractivity contribution is -0.144. The highest BCUT2D eigenvalue weighted by atomic mass is 35.5. The number of hydrogen-bond donors (Lipinski definition) is 0. The van der Waals surface area contributed by atoms with Gasteiger partial charge in [0.1, 0.15) is 0 Å². The molecule has 3 atom stereocenters. The summed E-state index contributed by atoms with van der Waals surface area (Å²) in [5, 5.41) is 0. The van der Waals surface area contributed by atoms with Crippen molar-refractivity contribution in [2.75, 3.05) is 13.2 Å². The first-order valence-corrected chi connectivity index (χ1v) is 6.25. The zero-order valence-electron chi connectivity index (χ0n) is 9.78. The van der Waals surface area contributed by atoms with E-state index in [0.29, 0.717) is 5.56 Å². The molecule has 96 valence electrons. The second-order valence-corrected chi connectivity index (χ2v) is 5.17. The lowest BCUT2D eigenvalue weighted by atomic mass is 10.1. The summed E-state index contributed by atoms with van der Waals surface area (Å²) in [6, 6.07) is 4.68. The van der Waals surface area contributed by atoms with E-state index in [1.807, 2.05) is 0 Å². The average molecular weight is 271 g/mol. The van der Waals surface area contributed by atoms with E-state index in [0.717, 1.165) is 0 Å². The fourth-order valence-electron chi connectivity index (χ4n) is 2.70. The minimum absolute atomic E-state index is 0.132. The summed E-state index contributed by atoms with van der Waals surface area (Å²) in [4.78, 5) is 10.8. The Labute approximate surface area is 109 Å². The zero-order chi connectivity index (χ0) is 12.9. The minimum Gasteiger partial charge on any atom is -0.490 e. The molecule has 2 aliphatic rings.